The Hall–Kier alpha value is -1.24. The zero-order chi connectivity index (χ0) is 18.4. The molecule has 0 bridgehead atoms. The number of hydrogen-bond donors (Lipinski definition) is 0. The van der Waals surface area contributed by atoms with Gasteiger partial charge < -0.3 is 9.47 Å². The molecule has 3 nitrogen and oxygen atoms in total. The number of ether oxygens (including phenoxy) is 2. The van der Waals surface area contributed by atoms with Crippen molar-refractivity contribution in [2.75, 3.05) is 6.61 Å². The molecular formula is C18H22BrF3O3. The molecule has 0 saturated heterocycles. The Morgan fingerprint density at radius 2 is 1.92 bits per heavy atom. The lowest BCUT2D eigenvalue weighted by Crippen LogP contribution is -2.25. The highest BCUT2D eigenvalue weighted by Gasteiger charge is 2.37. The van der Waals surface area contributed by atoms with Crippen LogP contribution in [-0.4, -0.2) is 18.7 Å². The van der Waals surface area contributed by atoms with Crippen LogP contribution < -0.4 is 4.74 Å². The third-order valence-electron chi connectivity index (χ3n) is 4.41. The van der Waals surface area contributed by atoms with Gasteiger partial charge in [0.1, 0.15) is 11.3 Å². The number of carbonyl (C=O) groups excluding carboxylic acids is 1. The molecule has 1 aromatic rings. The molecule has 0 aromatic heterocycles. The molecule has 1 aliphatic rings. The van der Waals surface area contributed by atoms with Crippen LogP contribution in [0.3, 0.4) is 0 Å². The number of carbonyl (C=O) groups is 1. The fourth-order valence-corrected chi connectivity index (χ4v) is 3.72. The molecule has 0 aliphatic heterocycles. The predicted octanol–water partition coefficient (Wildman–Crippen LogP) is 5.75. The smallest absolute Gasteiger partial charge is 0.421 e. The molecule has 0 amide bonds. The maximum atomic E-state index is 13.2. The molecule has 1 aliphatic carbocycles. The Kier molecular flexibility index (Phi) is 7.16. The van der Waals surface area contributed by atoms with E-state index in [-0.39, 0.29) is 22.3 Å². The van der Waals surface area contributed by atoms with Gasteiger partial charge in [-0.2, -0.15) is 13.2 Å². The van der Waals surface area contributed by atoms with Crippen molar-refractivity contribution in [2.45, 2.75) is 57.7 Å². The van der Waals surface area contributed by atoms with Gasteiger partial charge in [-0.25, -0.2) is 0 Å². The van der Waals surface area contributed by atoms with Gasteiger partial charge in [0.2, 0.25) is 0 Å². The Labute approximate surface area is 154 Å². The summed E-state index contributed by atoms with van der Waals surface area (Å²) in [6.07, 6.45) is -0.460. The van der Waals surface area contributed by atoms with Crippen LogP contribution in [-0.2, 0) is 15.7 Å². The first kappa shape index (κ1) is 20.1. The van der Waals surface area contributed by atoms with Crippen molar-refractivity contribution in [3.8, 4) is 5.75 Å². The maximum absolute atomic E-state index is 13.2. The minimum absolute atomic E-state index is 0.0133. The zero-order valence-corrected chi connectivity index (χ0v) is 15.7. The topological polar surface area (TPSA) is 35.5 Å². The maximum Gasteiger partial charge on any atom is 0.421 e. The first-order valence-corrected chi connectivity index (χ1v) is 9.28. The summed E-state index contributed by atoms with van der Waals surface area (Å²) in [7, 11) is 0. The van der Waals surface area contributed by atoms with Crippen LogP contribution in [0.4, 0.5) is 13.2 Å². The van der Waals surface area contributed by atoms with Crippen LogP contribution in [0.25, 0.3) is 0 Å². The van der Waals surface area contributed by atoms with Crippen molar-refractivity contribution in [3.05, 3.63) is 28.2 Å². The number of benzene rings is 1. The third-order valence-corrected chi connectivity index (χ3v) is 5.07. The van der Waals surface area contributed by atoms with Gasteiger partial charge >= 0.3 is 12.1 Å². The van der Waals surface area contributed by atoms with Crippen molar-refractivity contribution < 1.29 is 27.4 Å². The highest BCUT2D eigenvalue weighted by Crippen LogP contribution is 2.42. The average molecular weight is 423 g/mol. The molecule has 1 aromatic carbocycles. The standard InChI is InChI=1S/C18H22BrF3O3/c1-2-24-16(23)11-8-12-6-9-13(10-7-12)25-15-5-3-4-14(19)17(15)18(20,21)22/h3-5,12-13H,2,6-11H2,1H3. The Balaban J connectivity index is 1.89. The predicted molar refractivity (Wildman–Crippen MR) is 91.4 cm³/mol. The quantitative estimate of drug-likeness (QED) is 0.547. The molecule has 1 saturated carbocycles. The molecule has 1 fully saturated rings. The summed E-state index contributed by atoms with van der Waals surface area (Å²) in [5.74, 6) is 0.0792. The fourth-order valence-electron chi connectivity index (χ4n) is 3.15. The number of esters is 1. The summed E-state index contributed by atoms with van der Waals surface area (Å²) in [5.41, 5.74) is -0.764. The summed E-state index contributed by atoms with van der Waals surface area (Å²) in [5, 5.41) is 0. The monoisotopic (exact) mass is 422 g/mol. The van der Waals surface area contributed by atoms with E-state index in [4.69, 9.17) is 9.47 Å². The van der Waals surface area contributed by atoms with Gasteiger partial charge in [-0.15, -0.1) is 0 Å². The van der Waals surface area contributed by atoms with Gasteiger partial charge in [-0.05, 0) is 57.1 Å². The number of halogens is 4. The molecule has 7 heteroatoms. The van der Waals surface area contributed by atoms with Crippen molar-refractivity contribution in [1.29, 1.82) is 0 Å². The molecule has 2 rings (SSSR count). The van der Waals surface area contributed by atoms with Crippen molar-refractivity contribution in [3.63, 3.8) is 0 Å². The van der Waals surface area contributed by atoms with Gasteiger partial charge in [0.15, 0.2) is 0 Å². The second-order valence-corrected chi connectivity index (χ2v) is 7.07. The average Bonchev–Trinajstić information content (AvgIpc) is 2.53. The lowest BCUT2D eigenvalue weighted by Gasteiger charge is -2.29. The van der Waals surface area contributed by atoms with E-state index >= 15 is 0 Å². The van der Waals surface area contributed by atoms with E-state index in [0.29, 0.717) is 31.8 Å². The van der Waals surface area contributed by atoms with Crippen molar-refractivity contribution in [1.82, 2.24) is 0 Å². The summed E-state index contributed by atoms with van der Waals surface area (Å²) >= 11 is 2.96. The van der Waals surface area contributed by atoms with E-state index in [2.05, 4.69) is 15.9 Å². The van der Waals surface area contributed by atoms with Crippen LogP contribution in [0.2, 0.25) is 0 Å². The molecule has 0 N–H and O–H groups in total. The summed E-state index contributed by atoms with van der Waals surface area (Å²) < 4.78 is 50.2. The Bertz CT molecular complexity index is 581. The van der Waals surface area contributed by atoms with Crippen LogP contribution >= 0.6 is 15.9 Å². The number of alkyl halides is 3. The van der Waals surface area contributed by atoms with Gasteiger partial charge in [-0.3, -0.25) is 4.79 Å². The largest absolute Gasteiger partial charge is 0.490 e. The van der Waals surface area contributed by atoms with E-state index in [1.807, 2.05) is 0 Å². The highest BCUT2D eigenvalue weighted by atomic mass is 79.9. The first-order chi connectivity index (χ1) is 11.8. The van der Waals surface area contributed by atoms with Crippen LogP contribution in [0, 0.1) is 5.92 Å². The molecule has 0 radical (unpaired) electrons. The minimum Gasteiger partial charge on any atom is -0.490 e. The summed E-state index contributed by atoms with van der Waals surface area (Å²) in [6, 6.07) is 4.27. The van der Waals surface area contributed by atoms with E-state index < -0.39 is 11.7 Å². The fraction of sp³-hybridized carbons (Fsp3) is 0.611. The second kappa shape index (κ2) is 8.92. The van der Waals surface area contributed by atoms with Gasteiger partial charge in [0, 0.05) is 10.9 Å². The van der Waals surface area contributed by atoms with Gasteiger partial charge in [0.25, 0.3) is 0 Å². The molecule has 0 spiro atoms. The van der Waals surface area contributed by atoms with Crippen LogP contribution in [0.15, 0.2) is 22.7 Å². The second-order valence-electron chi connectivity index (χ2n) is 6.22. The summed E-state index contributed by atoms with van der Waals surface area (Å²) in [6.45, 7) is 2.16. The highest BCUT2D eigenvalue weighted by molar-refractivity contribution is 9.10. The molecular weight excluding hydrogens is 401 g/mol. The Morgan fingerprint density at radius 3 is 2.52 bits per heavy atom. The lowest BCUT2D eigenvalue weighted by atomic mass is 9.84. The molecule has 140 valence electrons. The van der Waals surface area contributed by atoms with E-state index in [1.54, 1.807) is 13.0 Å². The third kappa shape index (κ3) is 5.90. The number of rotatable bonds is 6. The van der Waals surface area contributed by atoms with Gasteiger partial charge in [0.05, 0.1) is 12.7 Å². The normalized spacial score (nSPS) is 21.0. The van der Waals surface area contributed by atoms with Crippen molar-refractivity contribution in [2.24, 2.45) is 5.92 Å². The first-order valence-electron chi connectivity index (χ1n) is 8.49. The van der Waals surface area contributed by atoms with Crippen LogP contribution in [0.5, 0.6) is 5.75 Å². The Morgan fingerprint density at radius 1 is 1.24 bits per heavy atom. The van der Waals surface area contributed by atoms with E-state index in [9.17, 15) is 18.0 Å². The van der Waals surface area contributed by atoms with E-state index in [0.717, 1.165) is 19.3 Å². The van der Waals surface area contributed by atoms with Gasteiger partial charge in [-0.1, -0.05) is 22.0 Å². The van der Waals surface area contributed by atoms with Crippen molar-refractivity contribution >= 4 is 21.9 Å². The molecule has 0 unspecified atom stereocenters. The van der Waals surface area contributed by atoms with E-state index in [1.165, 1.54) is 12.1 Å². The minimum atomic E-state index is -4.47. The molecule has 25 heavy (non-hydrogen) atoms. The zero-order valence-electron chi connectivity index (χ0n) is 14.1. The number of hydrogen-bond acceptors (Lipinski definition) is 3. The summed E-state index contributed by atoms with van der Waals surface area (Å²) in [4.78, 5) is 11.4. The molecule has 0 atom stereocenters. The SMILES string of the molecule is CCOC(=O)CCC1CCC(Oc2cccc(Br)c2C(F)(F)F)CC1. The lowest BCUT2D eigenvalue weighted by molar-refractivity contribution is -0.143. The molecule has 0 heterocycles. The van der Waals surface area contributed by atoms with Crippen LogP contribution in [0.1, 0.15) is 51.0 Å².